The van der Waals surface area contributed by atoms with Gasteiger partial charge in [0.15, 0.2) is 0 Å². The van der Waals surface area contributed by atoms with Crippen LogP contribution in [0.1, 0.15) is 46.0 Å². The Hall–Kier alpha value is -0.130. The molecule has 0 aromatic heterocycles. The zero-order chi connectivity index (χ0) is 13.6. The molecule has 0 heterocycles. The van der Waals surface area contributed by atoms with Gasteiger partial charge in [0.1, 0.15) is 0 Å². The van der Waals surface area contributed by atoms with Crippen molar-refractivity contribution in [2.24, 2.45) is 11.8 Å². The van der Waals surface area contributed by atoms with Crippen LogP contribution in [0, 0.1) is 11.8 Å². The Morgan fingerprint density at radius 1 is 1.11 bits per heavy atom. The van der Waals surface area contributed by atoms with Crippen molar-refractivity contribution < 1.29 is 8.42 Å². The Morgan fingerprint density at radius 3 is 2.22 bits per heavy atom. The molecule has 18 heavy (non-hydrogen) atoms. The summed E-state index contributed by atoms with van der Waals surface area (Å²) in [4.78, 5) is 0. The molecule has 1 saturated carbocycles. The van der Waals surface area contributed by atoms with Crippen LogP contribution < -0.4 is 10.0 Å². The molecule has 1 fully saturated rings. The summed E-state index contributed by atoms with van der Waals surface area (Å²) in [6.45, 7) is 6.07. The van der Waals surface area contributed by atoms with E-state index < -0.39 is 10.0 Å². The first-order chi connectivity index (χ1) is 8.38. The van der Waals surface area contributed by atoms with Crippen LogP contribution in [0.3, 0.4) is 0 Å². The lowest BCUT2D eigenvalue weighted by Gasteiger charge is -2.31. The normalized spacial score (nSPS) is 25.6. The highest BCUT2D eigenvalue weighted by atomic mass is 32.2. The van der Waals surface area contributed by atoms with E-state index in [1.165, 1.54) is 31.9 Å². The van der Waals surface area contributed by atoms with Crippen molar-refractivity contribution in [2.75, 3.05) is 19.3 Å². The summed E-state index contributed by atoms with van der Waals surface area (Å²) >= 11 is 0. The molecule has 0 aromatic carbocycles. The highest BCUT2D eigenvalue weighted by Gasteiger charge is 2.22. The van der Waals surface area contributed by atoms with Gasteiger partial charge in [-0.05, 0) is 50.5 Å². The first-order valence-corrected chi connectivity index (χ1v) is 8.95. The molecule has 0 aliphatic heterocycles. The molecular weight excluding hydrogens is 248 g/mol. The van der Waals surface area contributed by atoms with E-state index in [2.05, 4.69) is 23.9 Å². The van der Waals surface area contributed by atoms with Crippen molar-refractivity contribution in [1.82, 2.24) is 10.0 Å². The number of sulfonamides is 1. The first-order valence-electron chi connectivity index (χ1n) is 7.06. The van der Waals surface area contributed by atoms with Crippen molar-refractivity contribution in [2.45, 2.75) is 52.0 Å². The summed E-state index contributed by atoms with van der Waals surface area (Å²) < 4.78 is 24.2. The van der Waals surface area contributed by atoms with Gasteiger partial charge in [0.25, 0.3) is 0 Å². The van der Waals surface area contributed by atoms with Gasteiger partial charge in [-0.2, -0.15) is 0 Å². The standard InChI is InChI=1S/C13H28N2O2S/c1-11(2)12-5-7-13(8-6-12)14-9-4-10-15-18(3,16)17/h11-15H,4-10H2,1-3H3. The molecule has 0 amide bonds. The summed E-state index contributed by atoms with van der Waals surface area (Å²) in [5, 5.41) is 3.53. The van der Waals surface area contributed by atoms with E-state index in [1.807, 2.05) is 0 Å². The number of hydrogen-bond acceptors (Lipinski definition) is 3. The lowest BCUT2D eigenvalue weighted by Crippen LogP contribution is -2.36. The number of rotatable bonds is 7. The molecule has 1 rings (SSSR count). The fourth-order valence-corrected chi connectivity index (χ4v) is 3.16. The Balaban J connectivity index is 2.04. The maximum absolute atomic E-state index is 10.9. The second-order valence-corrected chi connectivity index (χ2v) is 7.66. The van der Waals surface area contributed by atoms with Crippen LogP contribution >= 0.6 is 0 Å². The van der Waals surface area contributed by atoms with Crippen LogP contribution in [0.15, 0.2) is 0 Å². The molecule has 0 radical (unpaired) electrons. The molecule has 0 unspecified atom stereocenters. The van der Waals surface area contributed by atoms with E-state index in [-0.39, 0.29) is 0 Å². The van der Waals surface area contributed by atoms with Gasteiger partial charge in [-0.15, -0.1) is 0 Å². The van der Waals surface area contributed by atoms with Crippen LogP contribution in [-0.2, 0) is 10.0 Å². The molecule has 0 spiro atoms. The van der Waals surface area contributed by atoms with Crippen molar-refractivity contribution in [3.8, 4) is 0 Å². The predicted octanol–water partition coefficient (Wildman–Crippen LogP) is 1.73. The van der Waals surface area contributed by atoms with Crippen LogP contribution in [0.2, 0.25) is 0 Å². The summed E-state index contributed by atoms with van der Waals surface area (Å²) in [5.74, 6) is 1.71. The smallest absolute Gasteiger partial charge is 0.208 e. The molecular formula is C13H28N2O2S. The lowest BCUT2D eigenvalue weighted by molar-refractivity contribution is 0.239. The second kappa shape index (κ2) is 7.46. The molecule has 0 saturated heterocycles. The summed E-state index contributed by atoms with van der Waals surface area (Å²) in [7, 11) is -3.02. The van der Waals surface area contributed by atoms with Crippen molar-refractivity contribution in [3.63, 3.8) is 0 Å². The first kappa shape index (κ1) is 15.9. The van der Waals surface area contributed by atoms with Gasteiger partial charge in [-0.3, -0.25) is 0 Å². The van der Waals surface area contributed by atoms with Gasteiger partial charge in [0.05, 0.1) is 6.26 Å². The molecule has 0 aromatic rings. The van der Waals surface area contributed by atoms with E-state index in [1.54, 1.807) is 0 Å². The zero-order valence-corrected chi connectivity index (χ0v) is 12.7. The third kappa shape index (κ3) is 6.71. The third-order valence-corrected chi connectivity index (χ3v) is 4.59. The Labute approximate surface area is 112 Å². The molecule has 5 heteroatoms. The van der Waals surface area contributed by atoms with Gasteiger partial charge in [-0.1, -0.05) is 13.8 Å². The molecule has 0 atom stereocenters. The van der Waals surface area contributed by atoms with Gasteiger partial charge < -0.3 is 5.32 Å². The van der Waals surface area contributed by atoms with E-state index in [0.717, 1.165) is 24.8 Å². The lowest BCUT2D eigenvalue weighted by atomic mass is 9.80. The van der Waals surface area contributed by atoms with Crippen molar-refractivity contribution in [1.29, 1.82) is 0 Å². The van der Waals surface area contributed by atoms with Crippen LogP contribution in [0.5, 0.6) is 0 Å². The maximum atomic E-state index is 10.9. The molecule has 2 N–H and O–H groups in total. The Kier molecular flexibility index (Phi) is 6.60. The topological polar surface area (TPSA) is 58.2 Å². The average molecular weight is 276 g/mol. The highest BCUT2D eigenvalue weighted by Crippen LogP contribution is 2.29. The minimum absolute atomic E-state index is 0.535. The van der Waals surface area contributed by atoms with Crippen molar-refractivity contribution in [3.05, 3.63) is 0 Å². The molecule has 4 nitrogen and oxygen atoms in total. The Bertz CT molecular complexity index is 320. The van der Waals surface area contributed by atoms with E-state index >= 15 is 0 Å². The summed E-state index contributed by atoms with van der Waals surface area (Å²) in [6.07, 6.45) is 7.25. The van der Waals surface area contributed by atoms with Gasteiger partial charge >= 0.3 is 0 Å². The minimum atomic E-state index is -3.02. The number of hydrogen-bond donors (Lipinski definition) is 2. The monoisotopic (exact) mass is 276 g/mol. The summed E-state index contributed by atoms with van der Waals surface area (Å²) in [5.41, 5.74) is 0. The molecule has 0 bridgehead atoms. The zero-order valence-electron chi connectivity index (χ0n) is 11.9. The highest BCUT2D eigenvalue weighted by molar-refractivity contribution is 7.88. The SMILES string of the molecule is CC(C)C1CCC(NCCCNS(C)(=O)=O)CC1. The molecule has 108 valence electrons. The van der Waals surface area contributed by atoms with Crippen molar-refractivity contribution >= 4 is 10.0 Å². The molecule has 1 aliphatic carbocycles. The number of nitrogens with one attached hydrogen (secondary N) is 2. The van der Waals surface area contributed by atoms with Gasteiger partial charge in [0.2, 0.25) is 10.0 Å². The van der Waals surface area contributed by atoms with Gasteiger partial charge in [-0.25, -0.2) is 13.1 Å². The fourth-order valence-electron chi connectivity index (χ4n) is 2.64. The predicted molar refractivity (Wildman–Crippen MR) is 76.1 cm³/mol. The molecule has 1 aliphatic rings. The minimum Gasteiger partial charge on any atom is -0.314 e. The van der Waals surface area contributed by atoms with Crippen LogP contribution in [0.25, 0.3) is 0 Å². The van der Waals surface area contributed by atoms with E-state index in [9.17, 15) is 8.42 Å². The Morgan fingerprint density at radius 2 is 1.72 bits per heavy atom. The van der Waals surface area contributed by atoms with E-state index in [4.69, 9.17) is 0 Å². The van der Waals surface area contributed by atoms with Crippen LogP contribution in [0.4, 0.5) is 0 Å². The quantitative estimate of drug-likeness (QED) is 0.696. The van der Waals surface area contributed by atoms with E-state index in [0.29, 0.717) is 12.6 Å². The largest absolute Gasteiger partial charge is 0.314 e. The average Bonchev–Trinajstić information content (AvgIpc) is 2.27. The summed E-state index contributed by atoms with van der Waals surface area (Å²) in [6, 6.07) is 0.637. The second-order valence-electron chi connectivity index (χ2n) is 5.83. The fraction of sp³-hybridized carbons (Fsp3) is 1.00. The maximum Gasteiger partial charge on any atom is 0.208 e. The van der Waals surface area contributed by atoms with Gasteiger partial charge in [0, 0.05) is 12.6 Å². The third-order valence-electron chi connectivity index (χ3n) is 3.87. The van der Waals surface area contributed by atoms with Crippen LogP contribution in [-0.4, -0.2) is 33.8 Å².